The van der Waals surface area contributed by atoms with Gasteiger partial charge in [-0.25, -0.2) is 4.79 Å². The molecule has 124 valence electrons. The standard InChI is InChI=1S/C20H21NO3/c1-21(18(15-12-13-15)20(23)24-2)19(22)17-11-7-6-10-16(17)14-8-4-3-5-9-14/h3-11,15,18H,12-13H2,1-2H3/t18-/m0/s1. The number of amides is 1. The fraction of sp³-hybridized carbons (Fsp3) is 0.300. The summed E-state index contributed by atoms with van der Waals surface area (Å²) < 4.78 is 4.90. The molecule has 2 aromatic rings. The van der Waals surface area contributed by atoms with Crippen molar-refractivity contribution in [2.45, 2.75) is 18.9 Å². The van der Waals surface area contributed by atoms with Crippen LogP contribution in [0.2, 0.25) is 0 Å². The van der Waals surface area contributed by atoms with Gasteiger partial charge in [0.15, 0.2) is 0 Å². The molecule has 4 heteroatoms. The summed E-state index contributed by atoms with van der Waals surface area (Å²) in [7, 11) is 3.05. The summed E-state index contributed by atoms with van der Waals surface area (Å²) >= 11 is 0. The maximum atomic E-state index is 13.1. The Labute approximate surface area is 142 Å². The van der Waals surface area contributed by atoms with Gasteiger partial charge in [0.05, 0.1) is 7.11 Å². The first-order chi connectivity index (χ1) is 11.6. The predicted molar refractivity (Wildman–Crippen MR) is 92.5 cm³/mol. The highest BCUT2D eigenvalue weighted by Crippen LogP contribution is 2.36. The summed E-state index contributed by atoms with van der Waals surface area (Å²) in [5.74, 6) is -0.294. The Morgan fingerprint density at radius 3 is 2.29 bits per heavy atom. The van der Waals surface area contributed by atoms with Gasteiger partial charge in [-0.05, 0) is 36.0 Å². The van der Waals surface area contributed by atoms with Crippen molar-refractivity contribution >= 4 is 11.9 Å². The average molecular weight is 323 g/mol. The zero-order valence-electron chi connectivity index (χ0n) is 13.9. The first-order valence-electron chi connectivity index (χ1n) is 8.13. The molecule has 0 spiro atoms. The molecule has 1 aliphatic rings. The number of benzene rings is 2. The first-order valence-corrected chi connectivity index (χ1v) is 8.13. The number of nitrogens with zero attached hydrogens (tertiary/aromatic N) is 1. The molecule has 0 aromatic heterocycles. The summed E-state index contributed by atoms with van der Waals surface area (Å²) in [5.41, 5.74) is 2.45. The van der Waals surface area contributed by atoms with Crippen molar-refractivity contribution in [3.8, 4) is 11.1 Å². The Bertz CT molecular complexity index is 738. The lowest BCUT2D eigenvalue weighted by Crippen LogP contribution is -2.44. The second-order valence-corrected chi connectivity index (χ2v) is 6.13. The number of rotatable bonds is 5. The van der Waals surface area contributed by atoms with Gasteiger partial charge in [0.1, 0.15) is 6.04 Å². The van der Waals surface area contributed by atoms with E-state index < -0.39 is 6.04 Å². The summed E-state index contributed by atoms with van der Waals surface area (Å²) in [4.78, 5) is 26.7. The van der Waals surface area contributed by atoms with E-state index >= 15 is 0 Å². The van der Waals surface area contributed by atoms with Crippen LogP contribution in [0.4, 0.5) is 0 Å². The number of hydrogen-bond acceptors (Lipinski definition) is 3. The number of carbonyl (C=O) groups excluding carboxylic acids is 2. The second-order valence-electron chi connectivity index (χ2n) is 6.13. The summed E-state index contributed by atoms with van der Waals surface area (Å²) in [6.07, 6.45) is 1.91. The lowest BCUT2D eigenvalue weighted by atomic mass is 9.98. The molecule has 0 radical (unpaired) electrons. The van der Waals surface area contributed by atoms with Crippen LogP contribution in [0.15, 0.2) is 54.6 Å². The Kier molecular flexibility index (Phi) is 4.65. The molecule has 1 amide bonds. The highest BCUT2D eigenvalue weighted by atomic mass is 16.5. The van der Waals surface area contributed by atoms with Crippen LogP contribution in [0.3, 0.4) is 0 Å². The highest BCUT2D eigenvalue weighted by molar-refractivity contribution is 6.02. The molecule has 0 aliphatic heterocycles. The number of likely N-dealkylation sites (N-methyl/N-ethyl adjacent to an activating group) is 1. The largest absolute Gasteiger partial charge is 0.467 e. The smallest absolute Gasteiger partial charge is 0.328 e. The number of ether oxygens (including phenoxy) is 1. The maximum absolute atomic E-state index is 13.1. The van der Waals surface area contributed by atoms with E-state index in [0.29, 0.717) is 5.56 Å². The van der Waals surface area contributed by atoms with Gasteiger partial charge in [-0.1, -0.05) is 48.5 Å². The molecule has 3 rings (SSSR count). The van der Waals surface area contributed by atoms with Crippen molar-refractivity contribution in [1.82, 2.24) is 4.90 Å². The van der Waals surface area contributed by atoms with Crippen LogP contribution in [0, 0.1) is 5.92 Å². The van der Waals surface area contributed by atoms with E-state index in [1.54, 1.807) is 7.05 Å². The minimum Gasteiger partial charge on any atom is -0.467 e. The van der Waals surface area contributed by atoms with E-state index in [1.807, 2.05) is 54.6 Å². The average Bonchev–Trinajstić information content (AvgIpc) is 3.46. The summed E-state index contributed by atoms with van der Waals surface area (Å²) in [5, 5.41) is 0. The minimum atomic E-state index is -0.508. The molecule has 0 bridgehead atoms. The molecule has 1 fully saturated rings. The molecule has 24 heavy (non-hydrogen) atoms. The molecular formula is C20H21NO3. The second kappa shape index (κ2) is 6.87. The van der Waals surface area contributed by atoms with Crippen LogP contribution in [-0.4, -0.2) is 37.0 Å². The van der Waals surface area contributed by atoms with E-state index in [1.165, 1.54) is 12.0 Å². The summed E-state index contributed by atoms with van der Waals surface area (Å²) in [6.45, 7) is 0. The normalized spacial score (nSPS) is 14.8. The molecule has 0 N–H and O–H groups in total. The Balaban J connectivity index is 1.94. The van der Waals surface area contributed by atoms with Gasteiger partial charge in [0, 0.05) is 12.6 Å². The SMILES string of the molecule is COC(=O)[C@H](C1CC1)N(C)C(=O)c1ccccc1-c1ccccc1. The number of methoxy groups -OCH3 is 1. The highest BCUT2D eigenvalue weighted by Gasteiger charge is 2.41. The number of esters is 1. The maximum Gasteiger partial charge on any atom is 0.328 e. The van der Waals surface area contributed by atoms with Gasteiger partial charge in [-0.3, -0.25) is 4.79 Å². The fourth-order valence-electron chi connectivity index (χ4n) is 3.05. The summed E-state index contributed by atoms with van der Waals surface area (Å²) in [6, 6.07) is 16.8. The zero-order chi connectivity index (χ0) is 17.1. The van der Waals surface area contributed by atoms with Crippen LogP contribution in [0.5, 0.6) is 0 Å². The lowest BCUT2D eigenvalue weighted by molar-refractivity contribution is -0.146. The van der Waals surface area contributed by atoms with E-state index in [0.717, 1.165) is 24.0 Å². The van der Waals surface area contributed by atoms with E-state index in [4.69, 9.17) is 4.74 Å². The van der Waals surface area contributed by atoms with Gasteiger partial charge in [-0.15, -0.1) is 0 Å². The molecule has 1 atom stereocenters. The quantitative estimate of drug-likeness (QED) is 0.793. The van der Waals surface area contributed by atoms with Gasteiger partial charge >= 0.3 is 5.97 Å². The van der Waals surface area contributed by atoms with Crippen molar-refractivity contribution in [3.05, 3.63) is 60.2 Å². The van der Waals surface area contributed by atoms with Crippen LogP contribution < -0.4 is 0 Å². The van der Waals surface area contributed by atoms with Crippen molar-refractivity contribution < 1.29 is 14.3 Å². The van der Waals surface area contributed by atoms with Crippen LogP contribution >= 0.6 is 0 Å². The third-order valence-corrected chi connectivity index (χ3v) is 4.49. The molecule has 2 aromatic carbocycles. The van der Waals surface area contributed by atoms with Gasteiger partial charge in [-0.2, -0.15) is 0 Å². The van der Waals surface area contributed by atoms with Gasteiger partial charge < -0.3 is 9.64 Å². The topological polar surface area (TPSA) is 46.6 Å². The Morgan fingerprint density at radius 2 is 1.67 bits per heavy atom. The number of carbonyl (C=O) groups is 2. The molecule has 4 nitrogen and oxygen atoms in total. The van der Waals surface area contributed by atoms with Gasteiger partial charge in [0.25, 0.3) is 5.91 Å². The molecule has 1 aliphatic carbocycles. The van der Waals surface area contributed by atoms with Crippen molar-refractivity contribution in [2.75, 3.05) is 14.2 Å². The molecular weight excluding hydrogens is 302 g/mol. The first kappa shape index (κ1) is 16.2. The third-order valence-electron chi connectivity index (χ3n) is 4.49. The molecule has 1 saturated carbocycles. The Morgan fingerprint density at radius 1 is 1.04 bits per heavy atom. The van der Waals surface area contributed by atoms with Crippen LogP contribution in [0.1, 0.15) is 23.2 Å². The minimum absolute atomic E-state index is 0.156. The van der Waals surface area contributed by atoms with Crippen LogP contribution in [0.25, 0.3) is 11.1 Å². The van der Waals surface area contributed by atoms with E-state index in [2.05, 4.69) is 0 Å². The fourth-order valence-corrected chi connectivity index (χ4v) is 3.05. The monoisotopic (exact) mass is 323 g/mol. The van der Waals surface area contributed by atoms with E-state index in [-0.39, 0.29) is 17.8 Å². The lowest BCUT2D eigenvalue weighted by Gasteiger charge is -2.27. The van der Waals surface area contributed by atoms with Crippen molar-refractivity contribution in [2.24, 2.45) is 5.92 Å². The third kappa shape index (κ3) is 3.18. The van der Waals surface area contributed by atoms with Gasteiger partial charge in [0.2, 0.25) is 0 Å². The Hall–Kier alpha value is -2.62. The zero-order valence-corrected chi connectivity index (χ0v) is 13.9. The predicted octanol–water partition coefficient (Wildman–Crippen LogP) is 3.38. The molecule has 0 saturated heterocycles. The number of hydrogen-bond donors (Lipinski definition) is 0. The van der Waals surface area contributed by atoms with Crippen LogP contribution in [-0.2, 0) is 9.53 Å². The van der Waals surface area contributed by atoms with Crippen molar-refractivity contribution in [3.63, 3.8) is 0 Å². The van der Waals surface area contributed by atoms with E-state index in [9.17, 15) is 9.59 Å². The molecule has 0 unspecified atom stereocenters. The molecule has 0 heterocycles. The van der Waals surface area contributed by atoms with Crippen molar-refractivity contribution in [1.29, 1.82) is 0 Å².